The number of para-hydroxylation sites is 1. The van der Waals surface area contributed by atoms with Gasteiger partial charge in [-0.25, -0.2) is 9.37 Å². The van der Waals surface area contributed by atoms with Crippen molar-refractivity contribution in [2.45, 2.75) is 20.3 Å². The number of carbonyl (C=O) groups is 1. The summed E-state index contributed by atoms with van der Waals surface area (Å²) in [5.74, 6) is -0.195. The van der Waals surface area contributed by atoms with Crippen molar-refractivity contribution in [2.75, 3.05) is 18.4 Å². The van der Waals surface area contributed by atoms with E-state index in [1.807, 2.05) is 26.0 Å². The molecule has 0 aliphatic carbocycles. The molecule has 0 saturated heterocycles. The Labute approximate surface area is 145 Å². The first kappa shape index (κ1) is 17.0. The molecule has 0 unspecified atom stereocenters. The maximum Gasteiger partial charge on any atom is 0.287 e. The van der Waals surface area contributed by atoms with Gasteiger partial charge in [0.05, 0.1) is 6.26 Å². The smallest absolute Gasteiger partial charge is 0.287 e. The normalized spacial score (nSPS) is 10.8. The van der Waals surface area contributed by atoms with E-state index >= 15 is 0 Å². The van der Waals surface area contributed by atoms with Crippen LogP contribution < -0.4 is 10.6 Å². The number of pyridine rings is 1. The number of benzene rings is 1. The van der Waals surface area contributed by atoms with Crippen LogP contribution in [0.3, 0.4) is 0 Å². The van der Waals surface area contributed by atoms with E-state index in [0.717, 1.165) is 28.8 Å². The lowest BCUT2D eigenvalue weighted by Crippen LogP contribution is -2.26. The van der Waals surface area contributed by atoms with E-state index in [0.29, 0.717) is 24.4 Å². The van der Waals surface area contributed by atoms with E-state index in [4.69, 9.17) is 4.42 Å². The fourth-order valence-electron chi connectivity index (χ4n) is 2.69. The molecule has 2 heterocycles. The van der Waals surface area contributed by atoms with Crippen molar-refractivity contribution in [3.05, 3.63) is 59.4 Å². The number of hydrogen-bond acceptors (Lipinski definition) is 4. The summed E-state index contributed by atoms with van der Waals surface area (Å²) < 4.78 is 19.1. The lowest BCUT2D eigenvalue weighted by Gasteiger charge is -2.11. The fourth-order valence-corrected chi connectivity index (χ4v) is 2.69. The zero-order valence-electron chi connectivity index (χ0n) is 14.2. The topological polar surface area (TPSA) is 67.2 Å². The van der Waals surface area contributed by atoms with Crippen LogP contribution in [0.2, 0.25) is 0 Å². The van der Waals surface area contributed by atoms with Gasteiger partial charge in [-0.3, -0.25) is 4.79 Å². The number of rotatable bonds is 6. The summed E-state index contributed by atoms with van der Waals surface area (Å²) in [5, 5.41) is 6.87. The monoisotopic (exact) mass is 341 g/mol. The first-order chi connectivity index (χ1) is 12.1. The number of furan rings is 1. The quantitative estimate of drug-likeness (QED) is 0.669. The Kier molecular flexibility index (Phi) is 4.97. The largest absolute Gasteiger partial charge is 0.459 e. The Morgan fingerprint density at radius 2 is 2.08 bits per heavy atom. The number of aryl methyl sites for hydroxylation is 2. The summed E-state index contributed by atoms with van der Waals surface area (Å²) >= 11 is 0. The molecule has 0 fully saturated rings. The van der Waals surface area contributed by atoms with E-state index < -0.39 is 0 Å². The minimum atomic E-state index is -0.328. The van der Waals surface area contributed by atoms with Crippen molar-refractivity contribution >= 4 is 22.5 Å². The highest BCUT2D eigenvalue weighted by Crippen LogP contribution is 2.24. The third kappa shape index (κ3) is 3.79. The molecule has 0 aliphatic rings. The van der Waals surface area contributed by atoms with Crippen molar-refractivity contribution in [3.8, 4) is 0 Å². The van der Waals surface area contributed by atoms with Crippen LogP contribution in [0.4, 0.5) is 10.1 Å². The average Bonchev–Trinajstić information content (AvgIpc) is 3.01. The maximum absolute atomic E-state index is 13.9. The highest BCUT2D eigenvalue weighted by molar-refractivity contribution is 5.93. The molecular weight excluding hydrogens is 321 g/mol. The molecule has 0 spiro atoms. The predicted octanol–water partition coefficient (Wildman–Crippen LogP) is 3.82. The Bertz CT molecular complexity index is 905. The first-order valence-electron chi connectivity index (χ1n) is 8.18. The molecule has 0 atom stereocenters. The van der Waals surface area contributed by atoms with Crippen LogP contribution in [0.5, 0.6) is 0 Å². The highest BCUT2D eigenvalue weighted by atomic mass is 19.1. The van der Waals surface area contributed by atoms with Crippen molar-refractivity contribution < 1.29 is 13.6 Å². The molecule has 0 saturated carbocycles. The number of halogens is 1. The van der Waals surface area contributed by atoms with Crippen molar-refractivity contribution in [2.24, 2.45) is 0 Å². The van der Waals surface area contributed by atoms with E-state index in [1.54, 1.807) is 12.1 Å². The van der Waals surface area contributed by atoms with Crippen LogP contribution in [0.1, 0.15) is 28.2 Å². The van der Waals surface area contributed by atoms with Gasteiger partial charge in [0.25, 0.3) is 5.91 Å². The molecule has 2 aromatic heterocycles. The minimum Gasteiger partial charge on any atom is -0.459 e. The van der Waals surface area contributed by atoms with Crippen LogP contribution in [0.25, 0.3) is 10.9 Å². The lowest BCUT2D eigenvalue weighted by molar-refractivity contribution is 0.0925. The molecule has 2 N–H and O–H groups in total. The van der Waals surface area contributed by atoms with Crippen LogP contribution >= 0.6 is 0 Å². The van der Waals surface area contributed by atoms with Gasteiger partial charge in [0.1, 0.15) is 11.3 Å². The number of anilines is 1. The molecule has 130 valence electrons. The third-order valence-electron chi connectivity index (χ3n) is 3.94. The number of amides is 1. The van der Waals surface area contributed by atoms with Gasteiger partial charge in [-0.15, -0.1) is 0 Å². The second kappa shape index (κ2) is 7.34. The van der Waals surface area contributed by atoms with Gasteiger partial charge < -0.3 is 15.1 Å². The molecule has 5 nitrogen and oxygen atoms in total. The number of aromatic nitrogens is 1. The van der Waals surface area contributed by atoms with Gasteiger partial charge in [0.15, 0.2) is 5.76 Å². The molecule has 1 amide bonds. The van der Waals surface area contributed by atoms with Gasteiger partial charge in [-0.1, -0.05) is 12.1 Å². The molecule has 0 bridgehead atoms. The lowest BCUT2D eigenvalue weighted by atomic mass is 10.1. The zero-order chi connectivity index (χ0) is 17.8. The minimum absolute atomic E-state index is 0.213. The number of carbonyl (C=O) groups excluding carboxylic acids is 1. The van der Waals surface area contributed by atoms with Crippen molar-refractivity contribution in [1.82, 2.24) is 10.3 Å². The van der Waals surface area contributed by atoms with Crippen molar-refractivity contribution in [3.63, 3.8) is 0 Å². The number of nitrogens with one attached hydrogen (secondary N) is 2. The van der Waals surface area contributed by atoms with E-state index in [9.17, 15) is 9.18 Å². The Morgan fingerprint density at radius 1 is 1.24 bits per heavy atom. The van der Waals surface area contributed by atoms with Crippen LogP contribution in [0, 0.1) is 19.7 Å². The summed E-state index contributed by atoms with van der Waals surface area (Å²) in [6.07, 6.45) is 2.23. The Hall–Kier alpha value is -2.89. The highest BCUT2D eigenvalue weighted by Gasteiger charge is 2.11. The second-order valence-electron chi connectivity index (χ2n) is 5.92. The first-order valence-corrected chi connectivity index (χ1v) is 8.18. The summed E-state index contributed by atoms with van der Waals surface area (Å²) in [6, 6.07) is 8.57. The van der Waals surface area contributed by atoms with Crippen LogP contribution in [0.15, 0.2) is 41.0 Å². The molecule has 0 radical (unpaired) electrons. The number of hydrogen-bond donors (Lipinski definition) is 2. The summed E-state index contributed by atoms with van der Waals surface area (Å²) in [4.78, 5) is 16.2. The molecule has 1 aromatic carbocycles. The summed E-state index contributed by atoms with van der Waals surface area (Å²) in [7, 11) is 0. The van der Waals surface area contributed by atoms with Gasteiger partial charge in [0.2, 0.25) is 0 Å². The predicted molar refractivity (Wildman–Crippen MR) is 95.3 cm³/mol. The van der Waals surface area contributed by atoms with E-state index in [2.05, 4.69) is 15.6 Å². The standard InChI is InChI=1S/C19H20FN3O2/c1-12-7-10-25-18(12)19(24)22-9-4-8-21-16-11-13(2)23-17-14(16)5-3-6-15(17)20/h3,5-7,10-11H,4,8-9H2,1-2H3,(H,21,23)(H,22,24). The van der Waals surface area contributed by atoms with Crippen molar-refractivity contribution in [1.29, 1.82) is 0 Å². The average molecular weight is 341 g/mol. The van der Waals surface area contributed by atoms with E-state index in [-0.39, 0.29) is 11.7 Å². The Morgan fingerprint density at radius 3 is 2.84 bits per heavy atom. The molecular formula is C19H20FN3O2. The van der Waals surface area contributed by atoms with Crippen LogP contribution in [-0.2, 0) is 0 Å². The Balaban J connectivity index is 1.56. The van der Waals surface area contributed by atoms with E-state index in [1.165, 1.54) is 12.3 Å². The summed E-state index contributed by atoms with van der Waals surface area (Å²) in [6.45, 7) is 4.83. The van der Waals surface area contributed by atoms with Gasteiger partial charge in [-0.05, 0) is 38.5 Å². The molecule has 0 aliphatic heterocycles. The molecule has 3 aromatic rings. The van der Waals surface area contributed by atoms with Gasteiger partial charge in [-0.2, -0.15) is 0 Å². The number of nitrogens with zero attached hydrogens (tertiary/aromatic N) is 1. The third-order valence-corrected chi connectivity index (χ3v) is 3.94. The second-order valence-corrected chi connectivity index (χ2v) is 5.92. The maximum atomic E-state index is 13.9. The molecule has 25 heavy (non-hydrogen) atoms. The summed E-state index contributed by atoms with van der Waals surface area (Å²) in [5.41, 5.74) is 2.78. The molecule has 3 rings (SSSR count). The number of fused-ring (bicyclic) bond motifs is 1. The molecule has 6 heteroatoms. The van der Waals surface area contributed by atoms with Gasteiger partial charge >= 0.3 is 0 Å². The zero-order valence-corrected chi connectivity index (χ0v) is 14.2. The SMILES string of the molecule is Cc1cc(NCCCNC(=O)c2occc2C)c2cccc(F)c2n1. The fraction of sp³-hybridized carbons (Fsp3) is 0.263. The van der Waals surface area contributed by atoms with Crippen LogP contribution in [-0.4, -0.2) is 24.0 Å². The van der Waals surface area contributed by atoms with Gasteiger partial charge in [0, 0.05) is 35.4 Å².